The number of rotatable bonds is 3. The summed E-state index contributed by atoms with van der Waals surface area (Å²) in [4.78, 5) is 4.74. The molecule has 0 radical (unpaired) electrons. The molecular weight excluding hydrogens is 270 g/mol. The molecule has 86 valence electrons. The molecule has 0 saturated heterocycles. The highest BCUT2D eigenvalue weighted by Gasteiger charge is 2.08. The smallest absolute Gasteiger partial charge is 0.264 e. The lowest BCUT2D eigenvalue weighted by atomic mass is 10.3. The van der Waals surface area contributed by atoms with Gasteiger partial charge in [-0.25, -0.2) is 4.98 Å². The van der Waals surface area contributed by atoms with Crippen LogP contribution in [0.25, 0.3) is 10.1 Å². The predicted octanol–water partition coefficient (Wildman–Crippen LogP) is 2.43. The Morgan fingerprint density at radius 1 is 1.56 bits per heavy atom. The third kappa shape index (κ3) is 2.70. The van der Waals surface area contributed by atoms with E-state index >= 15 is 0 Å². The van der Waals surface area contributed by atoms with Gasteiger partial charge in [0.25, 0.3) is 10.1 Å². The van der Waals surface area contributed by atoms with E-state index in [1.54, 1.807) is 12.3 Å². The zero-order chi connectivity index (χ0) is 11.8. The van der Waals surface area contributed by atoms with Crippen LogP contribution in [0.3, 0.4) is 0 Å². The molecule has 4 nitrogen and oxygen atoms in total. The molecule has 0 unspecified atom stereocenters. The monoisotopic (exact) mass is 277 g/mol. The lowest BCUT2D eigenvalue weighted by Gasteiger charge is -1.96. The number of aromatic nitrogens is 1. The number of halogens is 1. The van der Waals surface area contributed by atoms with Gasteiger partial charge in [-0.2, -0.15) is 8.42 Å². The van der Waals surface area contributed by atoms with E-state index < -0.39 is 10.1 Å². The van der Waals surface area contributed by atoms with Crippen molar-refractivity contribution in [2.24, 2.45) is 0 Å². The standard InChI is InChI=1S/C9H8ClNO3S2/c1-16(12,13)14-5-6-4-7-8(15-6)2-3-11-9(7)10/h2-4H,5H2,1H3. The molecule has 0 bridgehead atoms. The van der Waals surface area contributed by atoms with Gasteiger partial charge in [-0.15, -0.1) is 11.3 Å². The largest absolute Gasteiger partial charge is 0.265 e. The van der Waals surface area contributed by atoms with Crippen molar-refractivity contribution in [2.45, 2.75) is 6.61 Å². The first-order valence-corrected chi connectivity index (χ1v) is 7.34. The van der Waals surface area contributed by atoms with Crippen LogP contribution >= 0.6 is 22.9 Å². The maximum atomic E-state index is 10.8. The molecule has 16 heavy (non-hydrogen) atoms. The summed E-state index contributed by atoms with van der Waals surface area (Å²) in [7, 11) is -3.41. The van der Waals surface area contributed by atoms with Crippen molar-refractivity contribution in [3.05, 3.63) is 28.4 Å². The molecule has 0 fully saturated rings. The SMILES string of the molecule is CS(=O)(=O)OCc1cc2c(Cl)nccc2s1. The summed E-state index contributed by atoms with van der Waals surface area (Å²) in [6, 6.07) is 3.62. The summed E-state index contributed by atoms with van der Waals surface area (Å²) in [6.45, 7) is 0.0362. The van der Waals surface area contributed by atoms with Crippen LogP contribution in [0.2, 0.25) is 5.15 Å². The van der Waals surface area contributed by atoms with Crippen molar-refractivity contribution in [1.82, 2.24) is 4.98 Å². The summed E-state index contributed by atoms with van der Waals surface area (Å²) in [6.07, 6.45) is 2.64. The van der Waals surface area contributed by atoms with Crippen LogP contribution in [0, 0.1) is 0 Å². The molecule has 2 heterocycles. The third-order valence-electron chi connectivity index (χ3n) is 1.86. The van der Waals surface area contributed by atoms with E-state index in [1.165, 1.54) is 11.3 Å². The summed E-state index contributed by atoms with van der Waals surface area (Å²) in [5.41, 5.74) is 0. The zero-order valence-corrected chi connectivity index (χ0v) is 10.7. The van der Waals surface area contributed by atoms with Gasteiger partial charge < -0.3 is 0 Å². The first-order chi connectivity index (χ1) is 7.46. The first kappa shape index (κ1) is 11.8. The summed E-state index contributed by atoms with van der Waals surface area (Å²) >= 11 is 7.34. The highest BCUT2D eigenvalue weighted by Crippen LogP contribution is 2.30. The van der Waals surface area contributed by atoms with Crippen molar-refractivity contribution >= 4 is 43.1 Å². The van der Waals surface area contributed by atoms with Crippen molar-refractivity contribution in [3.63, 3.8) is 0 Å². The van der Waals surface area contributed by atoms with E-state index in [2.05, 4.69) is 4.98 Å². The Morgan fingerprint density at radius 3 is 2.94 bits per heavy atom. The van der Waals surface area contributed by atoms with Gasteiger partial charge in [0.2, 0.25) is 0 Å². The minimum absolute atomic E-state index is 0.0362. The number of hydrogen-bond acceptors (Lipinski definition) is 5. The number of fused-ring (bicyclic) bond motifs is 1. The van der Waals surface area contributed by atoms with E-state index in [0.29, 0.717) is 5.15 Å². The maximum Gasteiger partial charge on any atom is 0.264 e. The average molecular weight is 278 g/mol. The van der Waals surface area contributed by atoms with Crippen molar-refractivity contribution < 1.29 is 12.6 Å². The van der Waals surface area contributed by atoms with E-state index in [0.717, 1.165) is 21.2 Å². The first-order valence-electron chi connectivity index (χ1n) is 4.33. The minimum Gasteiger partial charge on any atom is -0.265 e. The van der Waals surface area contributed by atoms with Gasteiger partial charge in [-0.1, -0.05) is 11.6 Å². The van der Waals surface area contributed by atoms with Crippen molar-refractivity contribution in [2.75, 3.05) is 6.26 Å². The molecule has 0 atom stereocenters. The van der Waals surface area contributed by atoms with Gasteiger partial charge in [-0.05, 0) is 12.1 Å². The Kier molecular flexibility index (Phi) is 3.16. The Morgan fingerprint density at radius 2 is 2.31 bits per heavy atom. The van der Waals surface area contributed by atoms with Gasteiger partial charge in [0.05, 0.1) is 6.26 Å². The molecule has 2 rings (SSSR count). The maximum absolute atomic E-state index is 10.8. The summed E-state index contributed by atoms with van der Waals surface area (Å²) in [5.74, 6) is 0. The average Bonchev–Trinajstić information content (AvgIpc) is 2.58. The lowest BCUT2D eigenvalue weighted by Crippen LogP contribution is -2.01. The van der Waals surface area contributed by atoms with Gasteiger partial charge in [0.1, 0.15) is 11.8 Å². The fraction of sp³-hybridized carbons (Fsp3) is 0.222. The molecule has 0 aliphatic heterocycles. The van der Waals surface area contributed by atoms with E-state index in [-0.39, 0.29) is 6.61 Å². The second kappa shape index (κ2) is 4.29. The Bertz CT molecular complexity index is 621. The summed E-state index contributed by atoms with van der Waals surface area (Å²) in [5, 5.41) is 1.24. The van der Waals surface area contributed by atoms with Gasteiger partial charge in [-0.3, -0.25) is 4.18 Å². The fourth-order valence-corrected chi connectivity index (χ4v) is 2.87. The Hall–Kier alpha value is -0.690. The molecule has 0 aromatic carbocycles. The molecule has 7 heteroatoms. The molecule has 0 saturated carbocycles. The molecule has 0 aliphatic carbocycles. The van der Waals surface area contributed by atoms with Gasteiger partial charge in [0, 0.05) is 21.2 Å². The Balaban J connectivity index is 2.30. The van der Waals surface area contributed by atoms with Crippen molar-refractivity contribution in [1.29, 1.82) is 0 Å². The quantitative estimate of drug-likeness (QED) is 0.639. The second-order valence-corrected chi connectivity index (χ2v) is 6.36. The van der Waals surface area contributed by atoms with Crippen LogP contribution in [0.4, 0.5) is 0 Å². The van der Waals surface area contributed by atoms with Crippen LogP contribution in [-0.2, 0) is 20.9 Å². The number of nitrogens with zero attached hydrogens (tertiary/aromatic N) is 1. The highest BCUT2D eigenvalue weighted by molar-refractivity contribution is 7.85. The van der Waals surface area contributed by atoms with Crippen LogP contribution in [0.5, 0.6) is 0 Å². The third-order valence-corrected chi connectivity index (χ3v) is 3.78. The minimum atomic E-state index is -3.41. The zero-order valence-electron chi connectivity index (χ0n) is 8.31. The molecule has 0 aliphatic rings. The molecule has 0 spiro atoms. The van der Waals surface area contributed by atoms with E-state index in [1.807, 2.05) is 6.07 Å². The predicted molar refractivity (Wildman–Crippen MR) is 64.3 cm³/mol. The van der Waals surface area contributed by atoms with E-state index in [9.17, 15) is 8.42 Å². The normalized spacial score (nSPS) is 12.1. The van der Waals surface area contributed by atoms with Gasteiger partial charge >= 0.3 is 0 Å². The molecule has 0 amide bonds. The summed E-state index contributed by atoms with van der Waals surface area (Å²) < 4.78 is 27.3. The topological polar surface area (TPSA) is 56.3 Å². The molecular formula is C9H8ClNO3S2. The van der Waals surface area contributed by atoms with Crippen molar-refractivity contribution in [3.8, 4) is 0 Å². The van der Waals surface area contributed by atoms with Crippen LogP contribution in [0.15, 0.2) is 18.3 Å². The number of thiophene rings is 1. The Labute approximate surface area is 102 Å². The van der Waals surface area contributed by atoms with Crippen LogP contribution in [0.1, 0.15) is 4.88 Å². The van der Waals surface area contributed by atoms with Crippen LogP contribution in [-0.4, -0.2) is 19.7 Å². The van der Waals surface area contributed by atoms with Crippen LogP contribution < -0.4 is 0 Å². The van der Waals surface area contributed by atoms with E-state index in [4.69, 9.17) is 15.8 Å². The molecule has 0 N–H and O–H groups in total. The molecule has 2 aromatic rings. The number of hydrogen-bond donors (Lipinski definition) is 0. The highest BCUT2D eigenvalue weighted by atomic mass is 35.5. The van der Waals surface area contributed by atoms with Gasteiger partial charge in [0.15, 0.2) is 0 Å². The fourth-order valence-electron chi connectivity index (χ4n) is 1.22. The molecule has 2 aromatic heterocycles. The number of pyridine rings is 1. The lowest BCUT2D eigenvalue weighted by molar-refractivity contribution is 0.315. The second-order valence-electron chi connectivity index (χ2n) is 3.19.